The zero-order valence-corrected chi connectivity index (χ0v) is 33.4. The lowest BCUT2D eigenvalue weighted by Crippen LogP contribution is -2.00. The molecule has 13 aromatic rings. The van der Waals surface area contributed by atoms with Crippen molar-refractivity contribution in [2.24, 2.45) is 0 Å². The van der Waals surface area contributed by atoms with Crippen LogP contribution in [0.2, 0.25) is 0 Å². The first kappa shape index (κ1) is 29.6. The van der Waals surface area contributed by atoms with Crippen LogP contribution in [0.25, 0.3) is 122 Å². The zero-order valence-electron chi connectivity index (χ0n) is 39.4. The Kier molecular flexibility index (Phi) is 6.56. The monoisotopic (exact) mass is 811 g/mol. The number of fused-ring (bicyclic) bond motifs is 9. The third kappa shape index (κ3) is 5.55. The quantitative estimate of drug-likeness (QED) is 0.168. The highest BCUT2D eigenvalue weighted by Gasteiger charge is 2.22. The van der Waals surface area contributed by atoms with Gasteiger partial charge in [-0.3, -0.25) is 0 Å². The van der Waals surface area contributed by atoms with E-state index in [2.05, 4.69) is 53.1 Å². The molecule has 0 aliphatic rings. The van der Waals surface area contributed by atoms with Gasteiger partial charge in [0.1, 0.15) is 11.2 Å². The van der Waals surface area contributed by atoms with Crippen molar-refractivity contribution in [2.45, 2.75) is 0 Å². The number of hydrogen-bond donors (Lipinski definition) is 0. The summed E-state index contributed by atoms with van der Waals surface area (Å²) in [6, 6.07) is 56.4. The summed E-state index contributed by atoms with van der Waals surface area (Å²) in [7, 11) is 0. The lowest BCUT2D eigenvalue weighted by Gasteiger charge is -2.11. The molecule has 0 spiro atoms. The Bertz CT molecular complexity index is 4190. The van der Waals surface area contributed by atoms with Crippen LogP contribution in [-0.4, -0.2) is 24.1 Å². The minimum Gasteiger partial charge on any atom is -0.455 e. The van der Waals surface area contributed by atoms with E-state index in [1.807, 2.05) is 115 Å². The van der Waals surface area contributed by atoms with E-state index in [1.54, 1.807) is 4.57 Å². The molecule has 0 N–H and O–H groups in total. The maximum atomic E-state index is 9.13. The zero-order chi connectivity index (χ0) is 46.7. The molecule has 0 saturated heterocycles. The Morgan fingerprint density at radius 3 is 1.75 bits per heavy atom. The minimum atomic E-state index is -0.168. The van der Waals surface area contributed by atoms with E-state index in [0.717, 1.165) is 60.5 Å². The van der Waals surface area contributed by atoms with Crippen molar-refractivity contribution in [3.63, 3.8) is 0 Å². The van der Waals surface area contributed by atoms with Gasteiger partial charge in [0.15, 0.2) is 17.5 Å². The van der Waals surface area contributed by atoms with Crippen molar-refractivity contribution < 1.29 is 12.6 Å². The molecule has 0 bridgehead atoms. The number of aromatic nitrogens is 5. The SMILES string of the molecule is [2H]c1cc([2H])c2c(c1[2H])c1c([2H])c([2H])cc([2H])c1n2-c1cc(-c2ccccc2)c2oc3cc(-c4nc(-c5ccccc5)nc(-c5cccc6c5c5ccccc5n6-c5ccccc5)n4)ccc3c2c1. The molecule has 4 heterocycles. The van der Waals surface area contributed by atoms with Gasteiger partial charge in [0.2, 0.25) is 0 Å². The highest BCUT2D eigenvalue weighted by molar-refractivity contribution is 6.16. The van der Waals surface area contributed by atoms with E-state index in [4.69, 9.17) is 27.6 Å². The second-order valence-corrected chi connectivity index (χ2v) is 15.5. The molecular weight excluding hydrogens is 771 g/mol. The molecule has 0 saturated carbocycles. The normalized spacial score (nSPS) is 13.1. The molecule has 0 amide bonds. The second kappa shape index (κ2) is 14.0. The maximum Gasteiger partial charge on any atom is 0.164 e. The lowest BCUT2D eigenvalue weighted by molar-refractivity contribution is 0.670. The fourth-order valence-electron chi connectivity index (χ4n) is 9.14. The Labute approximate surface area is 370 Å². The first-order valence-corrected chi connectivity index (χ1v) is 20.7. The molecule has 294 valence electrons. The number of para-hydroxylation sites is 4. The molecule has 0 unspecified atom stereocenters. The molecule has 13 rings (SSSR count). The van der Waals surface area contributed by atoms with Crippen LogP contribution in [0.1, 0.15) is 8.22 Å². The summed E-state index contributed by atoms with van der Waals surface area (Å²) in [6.07, 6.45) is 0. The number of furan rings is 1. The molecule has 4 aromatic heterocycles. The molecule has 0 fully saturated rings. The Morgan fingerprint density at radius 1 is 0.381 bits per heavy atom. The fourth-order valence-corrected chi connectivity index (χ4v) is 9.14. The van der Waals surface area contributed by atoms with Crippen LogP contribution < -0.4 is 0 Å². The molecular formula is C57H35N5O. The summed E-state index contributed by atoms with van der Waals surface area (Å²) in [5, 5.41) is 4.06. The summed E-state index contributed by atoms with van der Waals surface area (Å²) in [5.41, 5.74) is 9.52. The Hall–Kier alpha value is -8.61. The van der Waals surface area contributed by atoms with Gasteiger partial charge in [-0.05, 0) is 66.2 Å². The van der Waals surface area contributed by atoms with Gasteiger partial charge in [0, 0.05) is 65.9 Å². The second-order valence-electron chi connectivity index (χ2n) is 15.5. The first-order chi connectivity index (χ1) is 33.7. The van der Waals surface area contributed by atoms with Crippen molar-refractivity contribution in [1.82, 2.24) is 24.1 Å². The maximum absolute atomic E-state index is 9.13. The van der Waals surface area contributed by atoms with E-state index in [1.165, 1.54) is 12.1 Å². The fraction of sp³-hybridized carbons (Fsp3) is 0. The topological polar surface area (TPSA) is 61.7 Å². The van der Waals surface area contributed by atoms with Gasteiger partial charge in [0.05, 0.1) is 30.3 Å². The van der Waals surface area contributed by atoms with Gasteiger partial charge < -0.3 is 13.6 Å². The predicted molar refractivity (Wildman–Crippen MR) is 258 cm³/mol. The highest BCUT2D eigenvalue weighted by Crippen LogP contribution is 2.42. The van der Waals surface area contributed by atoms with Crippen LogP contribution in [0.4, 0.5) is 0 Å². The Balaban J connectivity index is 1.05. The van der Waals surface area contributed by atoms with Crippen molar-refractivity contribution in [1.29, 1.82) is 0 Å². The average Bonchev–Trinajstić information content (AvgIpc) is 4.06. The van der Waals surface area contributed by atoms with Crippen LogP contribution in [0.5, 0.6) is 0 Å². The van der Waals surface area contributed by atoms with E-state index < -0.39 is 0 Å². The van der Waals surface area contributed by atoms with E-state index >= 15 is 0 Å². The largest absolute Gasteiger partial charge is 0.455 e. The third-order valence-corrected chi connectivity index (χ3v) is 11.9. The predicted octanol–water partition coefficient (Wildman–Crippen LogP) is 14.6. The van der Waals surface area contributed by atoms with Crippen molar-refractivity contribution in [2.75, 3.05) is 0 Å². The summed E-state index contributed by atoms with van der Waals surface area (Å²) in [5.74, 6) is 1.51. The van der Waals surface area contributed by atoms with E-state index in [-0.39, 0.29) is 58.1 Å². The van der Waals surface area contributed by atoms with Crippen LogP contribution in [0.3, 0.4) is 0 Å². The van der Waals surface area contributed by atoms with Crippen LogP contribution >= 0.6 is 0 Å². The number of rotatable bonds is 6. The molecule has 63 heavy (non-hydrogen) atoms. The molecule has 0 aliphatic heterocycles. The van der Waals surface area contributed by atoms with Crippen LogP contribution in [0.15, 0.2) is 217 Å². The average molecular weight is 812 g/mol. The van der Waals surface area contributed by atoms with Gasteiger partial charge in [0.25, 0.3) is 0 Å². The third-order valence-electron chi connectivity index (χ3n) is 11.9. The van der Waals surface area contributed by atoms with Crippen molar-refractivity contribution in [3.8, 4) is 56.7 Å². The van der Waals surface area contributed by atoms with Crippen molar-refractivity contribution >= 4 is 65.6 Å². The van der Waals surface area contributed by atoms with Gasteiger partial charge >= 0.3 is 0 Å². The summed E-state index contributed by atoms with van der Waals surface area (Å²) in [6.45, 7) is 0. The highest BCUT2D eigenvalue weighted by atomic mass is 16.3. The lowest BCUT2D eigenvalue weighted by atomic mass is 10.0. The van der Waals surface area contributed by atoms with Gasteiger partial charge in [-0.15, -0.1) is 0 Å². The first-order valence-electron chi connectivity index (χ1n) is 23.7. The number of benzene rings is 9. The Morgan fingerprint density at radius 2 is 1.00 bits per heavy atom. The number of nitrogens with zero attached hydrogens (tertiary/aromatic N) is 5. The summed E-state index contributed by atoms with van der Waals surface area (Å²) < 4.78 is 64.1. The molecule has 6 nitrogen and oxygen atoms in total. The molecule has 6 heteroatoms. The van der Waals surface area contributed by atoms with Crippen LogP contribution in [0, 0.1) is 0 Å². The standard InChI is InChI=1S/C57H35N5O/c1-4-17-36(18-5-1)46-34-40(62-48-27-13-10-23-41(48)42-24-11-14-28-49(42)62)35-47-43-32-31-38(33-52(43)63-54(46)47)56-58-55(37-19-6-2-7-20-37)59-57(60-56)45-26-16-30-51-53(45)44-25-12-15-29-50(44)61(51)39-21-8-3-9-22-39/h1-35H/i10D,11D,23D,24D,27D,28D. The van der Waals surface area contributed by atoms with E-state index in [9.17, 15) is 0 Å². The molecule has 0 radical (unpaired) electrons. The summed E-state index contributed by atoms with van der Waals surface area (Å²) >= 11 is 0. The van der Waals surface area contributed by atoms with Crippen LogP contribution in [-0.2, 0) is 0 Å². The number of hydrogen-bond acceptors (Lipinski definition) is 4. The molecule has 9 aromatic carbocycles. The van der Waals surface area contributed by atoms with Gasteiger partial charge in [-0.25, -0.2) is 15.0 Å². The van der Waals surface area contributed by atoms with Crippen molar-refractivity contribution in [3.05, 3.63) is 212 Å². The van der Waals surface area contributed by atoms with E-state index in [0.29, 0.717) is 39.9 Å². The van der Waals surface area contributed by atoms with Gasteiger partial charge in [-0.1, -0.05) is 152 Å². The molecule has 0 atom stereocenters. The summed E-state index contributed by atoms with van der Waals surface area (Å²) in [4.78, 5) is 15.5. The smallest absolute Gasteiger partial charge is 0.164 e. The minimum absolute atomic E-state index is 0.0274. The molecule has 0 aliphatic carbocycles. The van der Waals surface area contributed by atoms with Gasteiger partial charge in [-0.2, -0.15) is 0 Å².